The first-order valence-electron chi connectivity index (χ1n) is 6.43. The highest BCUT2D eigenvalue weighted by Crippen LogP contribution is 2.44. The molecule has 0 aliphatic rings. The zero-order valence-electron chi connectivity index (χ0n) is 12.6. The fraction of sp³-hybridized carbons (Fsp3) is 0.429. The van der Waals surface area contributed by atoms with Crippen LogP contribution >= 0.6 is 0 Å². The van der Waals surface area contributed by atoms with Gasteiger partial charge in [-0.1, -0.05) is 0 Å². The second-order valence-electron chi connectivity index (χ2n) is 4.38. The quantitative estimate of drug-likeness (QED) is 0.854. The van der Waals surface area contributed by atoms with Gasteiger partial charge in [-0.05, 0) is 6.07 Å². The molecule has 0 saturated heterocycles. The van der Waals surface area contributed by atoms with Gasteiger partial charge in [0.2, 0.25) is 5.75 Å². The van der Waals surface area contributed by atoms with Crippen molar-refractivity contribution in [1.29, 1.82) is 0 Å². The van der Waals surface area contributed by atoms with Gasteiger partial charge in [0.05, 0.1) is 33.3 Å². The molecule has 0 aliphatic heterocycles. The van der Waals surface area contributed by atoms with E-state index in [1.54, 1.807) is 27.4 Å². The van der Waals surface area contributed by atoms with Gasteiger partial charge < -0.3 is 24.2 Å². The minimum atomic E-state index is 0.0341. The van der Waals surface area contributed by atoms with Gasteiger partial charge in [0.15, 0.2) is 11.5 Å². The van der Waals surface area contributed by atoms with Crippen molar-refractivity contribution in [1.82, 2.24) is 9.97 Å². The summed E-state index contributed by atoms with van der Waals surface area (Å²) in [6.07, 6.45) is 1.46. The lowest BCUT2D eigenvalue weighted by Crippen LogP contribution is -2.22. The lowest BCUT2D eigenvalue weighted by molar-refractivity contribution is 0.304. The number of likely N-dealkylation sites (N-methyl/N-ethyl adjacent to an activating group) is 1. The van der Waals surface area contributed by atoms with E-state index >= 15 is 0 Å². The monoisotopic (exact) mass is 293 g/mol. The van der Waals surface area contributed by atoms with Crippen LogP contribution in [0.15, 0.2) is 12.4 Å². The molecule has 0 aliphatic carbocycles. The molecule has 1 aromatic heterocycles. The van der Waals surface area contributed by atoms with Crippen molar-refractivity contribution in [3.05, 3.63) is 12.4 Å². The fourth-order valence-electron chi connectivity index (χ4n) is 2.21. The zero-order chi connectivity index (χ0) is 15.4. The number of anilines is 1. The highest BCUT2D eigenvalue weighted by atomic mass is 16.5. The number of hydrogen-bond acceptors (Lipinski definition) is 7. The third kappa shape index (κ3) is 2.64. The van der Waals surface area contributed by atoms with Crippen molar-refractivity contribution in [2.45, 2.75) is 0 Å². The molecule has 0 fully saturated rings. The van der Waals surface area contributed by atoms with Gasteiger partial charge in [-0.25, -0.2) is 9.97 Å². The predicted molar refractivity (Wildman–Crippen MR) is 79.5 cm³/mol. The van der Waals surface area contributed by atoms with Crippen LogP contribution in [-0.4, -0.2) is 56.6 Å². The molecular formula is C14H19N3O4. The summed E-state index contributed by atoms with van der Waals surface area (Å²) in [5, 5.41) is 9.87. The second-order valence-corrected chi connectivity index (χ2v) is 4.38. The number of methoxy groups -OCH3 is 3. The van der Waals surface area contributed by atoms with E-state index in [9.17, 15) is 0 Å². The number of aliphatic hydroxyl groups is 1. The molecule has 0 bridgehead atoms. The minimum absolute atomic E-state index is 0.0341. The Hall–Kier alpha value is -2.28. The summed E-state index contributed by atoms with van der Waals surface area (Å²) in [6, 6.07) is 1.81. The summed E-state index contributed by atoms with van der Waals surface area (Å²) in [7, 11) is 6.51. The molecule has 2 aromatic rings. The smallest absolute Gasteiger partial charge is 0.205 e. The molecule has 1 aromatic carbocycles. The van der Waals surface area contributed by atoms with Crippen LogP contribution in [0.2, 0.25) is 0 Å². The van der Waals surface area contributed by atoms with E-state index in [2.05, 4.69) is 9.97 Å². The van der Waals surface area contributed by atoms with Gasteiger partial charge in [-0.3, -0.25) is 0 Å². The summed E-state index contributed by atoms with van der Waals surface area (Å²) in [4.78, 5) is 10.4. The Bertz CT molecular complexity index is 633. The predicted octanol–water partition coefficient (Wildman–Crippen LogP) is 1.08. The van der Waals surface area contributed by atoms with E-state index in [1.165, 1.54) is 6.33 Å². The van der Waals surface area contributed by atoms with E-state index in [4.69, 9.17) is 19.3 Å². The van der Waals surface area contributed by atoms with Crippen LogP contribution in [0, 0.1) is 0 Å². The number of fused-ring (bicyclic) bond motifs is 1. The molecule has 0 unspecified atom stereocenters. The van der Waals surface area contributed by atoms with Crippen molar-refractivity contribution < 1.29 is 19.3 Å². The molecule has 2 rings (SSSR count). The van der Waals surface area contributed by atoms with Gasteiger partial charge in [0.1, 0.15) is 17.7 Å². The normalized spacial score (nSPS) is 10.5. The Balaban J connectivity index is 2.75. The third-order valence-corrected chi connectivity index (χ3v) is 3.21. The summed E-state index contributed by atoms with van der Waals surface area (Å²) in [5.41, 5.74) is 0.630. The molecule has 7 nitrogen and oxygen atoms in total. The number of ether oxygens (including phenoxy) is 3. The number of aliphatic hydroxyl groups excluding tert-OH is 1. The first-order valence-corrected chi connectivity index (χ1v) is 6.43. The van der Waals surface area contributed by atoms with Gasteiger partial charge in [-0.15, -0.1) is 0 Å². The van der Waals surface area contributed by atoms with Crippen molar-refractivity contribution in [2.75, 3.05) is 46.4 Å². The van der Waals surface area contributed by atoms with E-state index in [1.807, 2.05) is 11.9 Å². The summed E-state index contributed by atoms with van der Waals surface area (Å²) in [5.74, 6) is 2.21. The lowest BCUT2D eigenvalue weighted by atomic mass is 10.1. The zero-order valence-corrected chi connectivity index (χ0v) is 12.6. The molecule has 0 atom stereocenters. The second kappa shape index (κ2) is 6.45. The number of benzene rings is 1. The van der Waals surface area contributed by atoms with E-state index in [0.29, 0.717) is 35.1 Å². The standard InChI is InChI=1S/C14H19N3O4/c1-17(5-6-18)14-9-7-10(19-2)12(20-3)13(21-4)11(9)15-8-16-14/h7-8,18H,5-6H2,1-4H3. The molecule has 0 spiro atoms. The lowest BCUT2D eigenvalue weighted by Gasteiger charge is -2.20. The van der Waals surface area contributed by atoms with Crippen molar-refractivity contribution in [3.8, 4) is 17.2 Å². The average Bonchev–Trinajstić information content (AvgIpc) is 2.52. The van der Waals surface area contributed by atoms with Crippen LogP contribution in [0.3, 0.4) is 0 Å². The van der Waals surface area contributed by atoms with Gasteiger partial charge in [0, 0.05) is 13.6 Å². The molecule has 21 heavy (non-hydrogen) atoms. The first kappa shape index (κ1) is 15.1. The molecule has 0 radical (unpaired) electrons. The fourth-order valence-corrected chi connectivity index (χ4v) is 2.21. The molecule has 114 valence electrons. The molecule has 0 amide bonds. The van der Waals surface area contributed by atoms with Crippen LogP contribution in [0.5, 0.6) is 17.2 Å². The van der Waals surface area contributed by atoms with E-state index in [0.717, 1.165) is 5.39 Å². The summed E-state index contributed by atoms with van der Waals surface area (Å²) >= 11 is 0. The van der Waals surface area contributed by atoms with Crippen LogP contribution in [0.25, 0.3) is 10.9 Å². The van der Waals surface area contributed by atoms with Crippen molar-refractivity contribution in [3.63, 3.8) is 0 Å². The summed E-state index contributed by atoms with van der Waals surface area (Å²) < 4.78 is 16.1. The molecule has 7 heteroatoms. The van der Waals surface area contributed by atoms with Crippen LogP contribution in [0.4, 0.5) is 5.82 Å². The highest BCUT2D eigenvalue weighted by molar-refractivity contribution is 5.96. The number of hydrogen-bond donors (Lipinski definition) is 1. The summed E-state index contributed by atoms with van der Waals surface area (Å²) in [6.45, 7) is 0.495. The average molecular weight is 293 g/mol. The maximum absolute atomic E-state index is 9.10. The molecule has 0 saturated carbocycles. The van der Waals surface area contributed by atoms with Gasteiger partial charge >= 0.3 is 0 Å². The van der Waals surface area contributed by atoms with Crippen LogP contribution in [0.1, 0.15) is 0 Å². The van der Waals surface area contributed by atoms with Crippen LogP contribution in [-0.2, 0) is 0 Å². The number of aromatic nitrogens is 2. The first-order chi connectivity index (χ1) is 10.2. The topological polar surface area (TPSA) is 76.9 Å². The van der Waals surface area contributed by atoms with Gasteiger partial charge in [-0.2, -0.15) is 0 Å². The Morgan fingerprint density at radius 2 is 1.81 bits per heavy atom. The van der Waals surface area contributed by atoms with Crippen molar-refractivity contribution >= 4 is 16.7 Å². The van der Waals surface area contributed by atoms with Crippen LogP contribution < -0.4 is 19.1 Å². The van der Waals surface area contributed by atoms with E-state index < -0.39 is 0 Å². The Kier molecular flexibility index (Phi) is 4.64. The molecule has 1 N–H and O–H groups in total. The number of rotatable bonds is 6. The van der Waals surface area contributed by atoms with Crippen molar-refractivity contribution in [2.24, 2.45) is 0 Å². The SMILES string of the molecule is COc1cc2c(N(C)CCO)ncnc2c(OC)c1OC. The Morgan fingerprint density at radius 1 is 1.10 bits per heavy atom. The molecular weight excluding hydrogens is 274 g/mol. The minimum Gasteiger partial charge on any atom is -0.493 e. The Labute approximate surface area is 123 Å². The Morgan fingerprint density at radius 3 is 2.38 bits per heavy atom. The molecule has 1 heterocycles. The third-order valence-electron chi connectivity index (χ3n) is 3.21. The van der Waals surface area contributed by atoms with E-state index in [-0.39, 0.29) is 6.61 Å². The van der Waals surface area contributed by atoms with Gasteiger partial charge in [0.25, 0.3) is 0 Å². The maximum atomic E-state index is 9.10. The highest BCUT2D eigenvalue weighted by Gasteiger charge is 2.20. The maximum Gasteiger partial charge on any atom is 0.205 e. The largest absolute Gasteiger partial charge is 0.493 e. The number of nitrogens with zero attached hydrogens (tertiary/aromatic N) is 3.